The number of para-hydroxylation sites is 2. The Bertz CT molecular complexity index is 1320. The van der Waals surface area contributed by atoms with Gasteiger partial charge >= 0.3 is 11.7 Å². The van der Waals surface area contributed by atoms with E-state index >= 15 is 0 Å². The first-order chi connectivity index (χ1) is 15.0. The maximum absolute atomic E-state index is 12.5. The van der Waals surface area contributed by atoms with Gasteiger partial charge in [-0.15, -0.1) is 0 Å². The lowest BCUT2D eigenvalue weighted by Crippen LogP contribution is -2.15. The summed E-state index contributed by atoms with van der Waals surface area (Å²) in [6, 6.07) is 19.1. The Hall–Kier alpha value is -3.80. The monoisotopic (exact) mass is 417 g/mol. The minimum absolute atomic E-state index is 0.167. The molecule has 0 saturated heterocycles. The van der Waals surface area contributed by atoms with Crippen LogP contribution in [0, 0.1) is 6.92 Å². The first-order valence-corrected chi connectivity index (χ1v) is 9.92. The number of rotatable bonds is 6. The smallest absolute Gasteiger partial charge is 0.420 e. The number of benzene rings is 3. The zero-order chi connectivity index (χ0) is 22.0. The molecule has 0 N–H and O–H groups in total. The lowest BCUT2D eigenvalue weighted by atomic mass is 9.95. The number of ether oxygens (including phenoxy) is 2. The highest BCUT2D eigenvalue weighted by Gasteiger charge is 2.16. The Morgan fingerprint density at radius 1 is 1.00 bits per heavy atom. The summed E-state index contributed by atoms with van der Waals surface area (Å²) >= 11 is 0. The van der Waals surface area contributed by atoms with E-state index in [4.69, 9.17) is 13.9 Å². The van der Waals surface area contributed by atoms with Crippen LogP contribution >= 0.6 is 0 Å². The molecule has 31 heavy (non-hydrogen) atoms. The number of hydrogen-bond acceptors (Lipinski definition) is 5. The minimum atomic E-state index is -0.403. The molecule has 0 unspecified atom stereocenters. The van der Waals surface area contributed by atoms with Crippen LogP contribution in [-0.2, 0) is 22.5 Å². The van der Waals surface area contributed by atoms with E-state index in [1.54, 1.807) is 17.7 Å². The normalized spacial score (nSPS) is 10.9. The van der Waals surface area contributed by atoms with Crippen molar-refractivity contribution in [3.05, 3.63) is 87.9 Å². The van der Waals surface area contributed by atoms with Crippen molar-refractivity contribution < 1.29 is 18.7 Å². The minimum Gasteiger partial charge on any atom is -0.496 e. The summed E-state index contributed by atoms with van der Waals surface area (Å²) < 4.78 is 17.4. The zero-order valence-corrected chi connectivity index (χ0v) is 17.7. The Kier molecular flexibility index (Phi) is 5.62. The van der Waals surface area contributed by atoms with Crippen LogP contribution in [-0.4, -0.2) is 24.8 Å². The molecule has 1 heterocycles. The van der Waals surface area contributed by atoms with Crippen LogP contribution in [0.5, 0.6) is 5.75 Å². The molecular weight excluding hydrogens is 394 g/mol. The molecule has 0 saturated carbocycles. The molecule has 6 nitrogen and oxygen atoms in total. The van der Waals surface area contributed by atoms with E-state index in [1.807, 2.05) is 55.5 Å². The zero-order valence-electron chi connectivity index (χ0n) is 17.7. The van der Waals surface area contributed by atoms with Gasteiger partial charge < -0.3 is 13.9 Å². The lowest BCUT2D eigenvalue weighted by molar-refractivity contribution is -0.139. The SMILES string of the molecule is COC(=O)Cc1ccc(OC)c(-c2ccc(C)cc2Cn2c(=O)oc3ccccc32)c1. The molecule has 0 radical (unpaired) electrons. The molecule has 4 rings (SSSR count). The molecule has 158 valence electrons. The molecule has 0 amide bonds. The quantitative estimate of drug-likeness (QED) is 0.437. The second-order valence-electron chi connectivity index (χ2n) is 7.37. The van der Waals surface area contributed by atoms with Gasteiger partial charge in [0.05, 0.1) is 32.7 Å². The Morgan fingerprint density at radius 2 is 1.81 bits per heavy atom. The molecule has 6 heteroatoms. The fourth-order valence-corrected chi connectivity index (χ4v) is 3.76. The number of aromatic nitrogens is 1. The Balaban J connectivity index is 1.84. The second-order valence-corrected chi connectivity index (χ2v) is 7.37. The van der Waals surface area contributed by atoms with E-state index in [0.717, 1.165) is 33.3 Å². The third-order valence-electron chi connectivity index (χ3n) is 5.29. The Labute approximate surface area is 179 Å². The summed E-state index contributed by atoms with van der Waals surface area (Å²) in [6.07, 6.45) is 0.167. The van der Waals surface area contributed by atoms with Gasteiger partial charge in [0.15, 0.2) is 5.58 Å². The number of methoxy groups -OCH3 is 2. The number of nitrogens with zero attached hydrogens (tertiary/aromatic N) is 1. The Morgan fingerprint density at radius 3 is 2.58 bits per heavy atom. The van der Waals surface area contributed by atoms with Crippen molar-refractivity contribution >= 4 is 17.1 Å². The highest BCUT2D eigenvalue weighted by Crippen LogP contribution is 2.34. The summed E-state index contributed by atoms with van der Waals surface area (Å²) in [5, 5.41) is 0. The summed E-state index contributed by atoms with van der Waals surface area (Å²) in [5.41, 5.74) is 5.91. The third kappa shape index (κ3) is 4.10. The van der Waals surface area contributed by atoms with Crippen molar-refractivity contribution in [3.8, 4) is 16.9 Å². The van der Waals surface area contributed by atoms with Gasteiger partial charge in [0.1, 0.15) is 5.75 Å². The van der Waals surface area contributed by atoms with Gasteiger partial charge in [-0.05, 0) is 47.9 Å². The standard InChI is InChI=1S/C25H23NO5/c1-16-8-10-19(20-13-17(14-24(27)30-3)9-11-22(20)29-2)18(12-16)15-26-21-6-4-5-7-23(21)31-25(26)28/h4-13H,14-15H2,1-3H3. The molecule has 0 aliphatic carbocycles. The van der Waals surface area contributed by atoms with E-state index in [9.17, 15) is 9.59 Å². The number of esters is 1. The van der Waals surface area contributed by atoms with Crippen molar-refractivity contribution in [2.75, 3.05) is 14.2 Å². The predicted molar refractivity (Wildman–Crippen MR) is 118 cm³/mol. The summed E-state index contributed by atoms with van der Waals surface area (Å²) in [7, 11) is 2.98. The van der Waals surface area contributed by atoms with Crippen LogP contribution < -0.4 is 10.5 Å². The van der Waals surface area contributed by atoms with Crippen molar-refractivity contribution in [1.82, 2.24) is 4.57 Å². The average Bonchev–Trinajstić information content (AvgIpc) is 3.09. The van der Waals surface area contributed by atoms with E-state index < -0.39 is 5.76 Å². The van der Waals surface area contributed by atoms with Gasteiger partial charge in [-0.25, -0.2) is 4.79 Å². The highest BCUT2D eigenvalue weighted by molar-refractivity contribution is 5.78. The number of oxazole rings is 1. The second kappa shape index (κ2) is 8.52. The number of hydrogen-bond donors (Lipinski definition) is 0. The van der Waals surface area contributed by atoms with Crippen LogP contribution in [0.1, 0.15) is 16.7 Å². The van der Waals surface area contributed by atoms with E-state index in [2.05, 4.69) is 6.07 Å². The number of carbonyl (C=O) groups is 1. The fourth-order valence-electron chi connectivity index (χ4n) is 3.76. The molecule has 3 aromatic carbocycles. The third-order valence-corrected chi connectivity index (χ3v) is 5.29. The molecule has 0 fully saturated rings. The summed E-state index contributed by atoms with van der Waals surface area (Å²) in [5.74, 6) is -0.0279. The van der Waals surface area contributed by atoms with Crippen molar-refractivity contribution in [1.29, 1.82) is 0 Å². The number of fused-ring (bicyclic) bond motifs is 1. The van der Waals surface area contributed by atoms with Crippen LogP contribution in [0.2, 0.25) is 0 Å². The van der Waals surface area contributed by atoms with Gasteiger partial charge in [0.2, 0.25) is 0 Å². The molecule has 0 aliphatic heterocycles. The van der Waals surface area contributed by atoms with E-state index in [1.165, 1.54) is 7.11 Å². The van der Waals surface area contributed by atoms with Gasteiger partial charge in [0, 0.05) is 5.56 Å². The molecule has 0 bridgehead atoms. The first-order valence-electron chi connectivity index (χ1n) is 9.92. The fraction of sp³-hybridized carbons (Fsp3) is 0.200. The van der Waals surface area contributed by atoms with Crippen LogP contribution in [0.4, 0.5) is 0 Å². The van der Waals surface area contributed by atoms with Crippen LogP contribution in [0.15, 0.2) is 69.9 Å². The van der Waals surface area contributed by atoms with Gasteiger partial charge in [-0.3, -0.25) is 9.36 Å². The van der Waals surface area contributed by atoms with Crippen LogP contribution in [0.3, 0.4) is 0 Å². The molecule has 4 aromatic rings. The molecule has 0 atom stereocenters. The van der Waals surface area contributed by atoms with Crippen molar-refractivity contribution in [3.63, 3.8) is 0 Å². The molecule has 0 spiro atoms. The van der Waals surface area contributed by atoms with Crippen LogP contribution in [0.25, 0.3) is 22.2 Å². The van der Waals surface area contributed by atoms with Gasteiger partial charge in [-0.1, -0.05) is 42.0 Å². The van der Waals surface area contributed by atoms with E-state index in [-0.39, 0.29) is 12.4 Å². The largest absolute Gasteiger partial charge is 0.496 e. The predicted octanol–water partition coefficient (Wildman–Crippen LogP) is 4.34. The first kappa shape index (κ1) is 20.5. The van der Waals surface area contributed by atoms with Crippen molar-refractivity contribution in [2.24, 2.45) is 0 Å². The summed E-state index contributed by atoms with van der Waals surface area (Å²) in [6.45, 7) is 2.35. The van der Waals surface area contributed by atoms with Gasteiger partial charge in [-0.2, -0.15) is 0 Å². The molecule has 1 aromatic heterocycles. The number of aryl methyl sites for hydroxylation is 1. The highest BCUT2D eigenvalue weighted by atomic mass is 16.5. The topological polar surface area (TPSA) is 70.7 Å². The lowest BCUT2D eigenvalue weighted by Gasteiger charge is -2.16. The molecule has 0 aliphatic rings. The average molecular weight is 417 g/mol. The molecular formula is C25H23NO5. The van der Waals surface area contributed by atoms with E-state index in [0.29, 0.717) is 17.9 Å². The number of carbonyl (C=O) groups excluding carboxylic acids is 1. The van der Waals surface area contributed by atoms with Gasteiger partial charge in [0.25, 0.3) is 0 Å². The maximum atomic E-state index is 12.5. The maximum Gasteiger partial charge on any atom is 0.420 e. The summed E-state index contributed by atoms with van der Waals surface area (Å²) in [4.78, 5) is 24.3. The van der Waals surface area contributed by atoms with Crippen molar-refractivity contribution in [2.45, 2.75) is 19.9 Å².